The number of urea groups is 1. The number of benzene rings is 4. The molecule has 264 valence electrons. The van der Waals surface area contributed by atoms with Gasteiger partial charge >= 0.3 is 6.03 Å². The van der Waals surface area contributed by atoms with E-state index >= 15 is 0 Å². The Bertz CT molecular complexity index is 2380. The van der Waals surface area contributed by atoms with Crippen molar-refractivity contribution in [3.05, 3.63) is 152 Å². The topological polar surface area (TPSA) is 249 Å². The Kier molecular flexibility index (Phi) is 9.44. The van der Waals surface area contributed by atoms with E-state index in [2.05, 4.69) is 20.6 Å². The lowest BCUT2D eigenvalue weighted by Gasteiger charge is -2.19. The molecule has 0 aliphatic heterocycles. The first-order chi connectivity index (χ1) is 24.6. The fraction of sp³-hybridized carbons (Fsp3) is 0.0571. The van der Waals surface area contributed by atoms with Crippen LogP contribution in [0.5, 0.6) is 0 Å². The van der Waals surface area contributed by atoms with E-state index in [9.17, 15) is 50.5 Å². The maximum Gasteiger partial charge on any atom is 0.323 e. The molecule has 0 fully saturated rings. The molecule has 0 heterocycles. The van der Waals surface area contributed by atoms with Gasteiger partial charge in [0, 0.05) is 46.5 Å². The van der Waals surface area contributed by atoms with Gasteiger partial charge in [0.05, 0.1) is 0 Å². The highest BCUT2D eigenvalue weighted by Gasteiger charge is 2.32. The first-order valence-corrected chi connectivity index (χ1v) is 18.0. The summed E-state index contributed by atoms with van der Waals surface area (Å²) in [7, 11) is -9.63. The standard InChI is InChI=1S/C35H26N4O11S2/c40-31-27(51(45,46)47)17-19-7-1-3-13-25(19)29(31)38-33(42)21-9-5-11-23(15-21)36-35(44)37-24-12-6-10-22(16-24)34(43)39-30-26-14-4-2-8-20(26)18-28(32(30)41)52(48,49)50/h1-16,40-41H,17-18H2,(H2,36,37,44)(H,45,46,47)(H,48,49,50). The number of carbonyl (C=O) groups is 3. The van der Waals surface area contributed by atoms with Gasteiger partial charge in [0.1, 0.15) is 21.2 Å². The van der Waals surface area contributed by atoms with Gasteiger partial charge in [0.25, 0.3) is 32.1 Å². The molecule has 4 amide bonds. The average molecular weight is 743 g/mol. The molecular weight excluding hydrogens is 717 g/mol. The molecule has 0 saturated carbocycles. The van der Waals surface area contributed by atoms with Crippen LogP contribution < -0.4 is 10.6 Å². The number of aliphatic hydroxyl groups excluding tert-OH is 2. The van der Waals surface area contributed by atoms with E-state index < -0.39 is 59.4 Å². The van der Waals surface area contributed by atoms with Gasteiger partial charge in [-0.1, -0.05) is 60.7 Å². The number of nitrogens with one attached hydrogen (secondary N) is 2. The SMILES string of the molecule is O=C(Nc1cccc(C(=O)N=C2C(O)=C(S(=O)(=O)O)Cc3ccccc32)c1)Nc1cccc(C(=O)N=C2C(O)=C(S(=O)(=O)O)Cc3ccccc32)c1. The highest BCUT2D eigenvalue weighted by molar-refractivity contribution is 7.90. The summed E-state index contributed by atoms with van der Waals surface area (Å²) in [5.41, 5.74) is 0.883. The van der Waals surface area contributed by atoms with E-state index in [0.29, 0.717) is 22.3 Å². The van der Waals surface area contributed by atoms with Crippen molar-refractivity contribution in [2.75, 3.05) is 10.6 Å². The minimum Gasteiger partial charge on any atom is -0.505 e. The smallest absolute Gasteiger partial charge is 0.323 e. The van der Waals surface area contributed by atoms with Crippen LogP contribution in [0.3, 0.4) is 0 Å². The highest BCUT2D eigenvalue weighted by atomic mass is 32.2. The Labute approximate surface area is 295 Å². The van der Waals surface area contributed by atoms with Gasteiger partial charge in [0.2, 0.25) is 0 Å². The molecule has 0 spiro atoms. The second kappa shape index (κ2) is 13.8. The molecule has 4 aromatic rings. The van der Waals surface area contributed by atoms with Crippen LogP contribution in [0.4, 0.5) is 16.2 Å². The van der Waals surface area contributed by atoms with Gasteiger partial charge < -0.3 is 20.8 Å². The summed E-state index contributed by atoms with van der Waals surface area (Å²) in [4.78, 5) is 45.8. The van der Waals surface area contributed by atoms with Crippen LogP contribution in [0.2, 0.25) is 0 Å². The van der Waals surface area contributed by atoms with Crippen LogP contribution in [0.1, 0.15) is 43.0 Å². The molecule has 0 radical (unpaired) electrons. The average Bonchev–Trinajstić information content (AvgIpc) is 3.09. The number of fused-ring (bicyclic) bond motifs is 2. The van der Waals surface area contributed by atoms with Crippen LogP contribution in [0.15, 0.2) is 128 Å². The lowest BCUT2D eigenvalue weighted by atomic mass is 9.93. The predicted octanol–water partition coefficient (Wildman–Crippen LogP) is 5.02. The molecule has 0 bridgehead atoms. The largest absolute Gasteiger partial charge is 0.505 e. The molecular formula is C35H26N4O11S2. The quantitative estimate of drug-likeness (QED) is 0.143. The number of rotatable bonds is 6. The molecule has 6 rings (SSSR count). The summed E-state index contributed by atoms with van der Waals surface area (Å²) in [6, 6.07) is 23.0. The number of aliphatic imine (C=N–C) groups is 2. The van der Waals surface area contributed by atoms with E-state index in [1.165, 1.54) is 60.7 Å². The summed E-state index contributed by atoms with van der Waals surface area (Å²) in [5, 5.41) is 26.4. The second-order valence-electron chi connectivity index (χ2n) is 11.4. The number of hydrogen-bond acceptors (Lipinski definition) is 9. The number of allylic oxidation sites excluding steroid dienone is 4. The minimum absolute atomic E-state index is 0.0417. The summed E-state index contributed by atoms with van der Waals surface area (Å²) in [6.07, 6.45) is -0.609. The number of anilines is 2. The van der Waals surface area contributed by atoms with E-state index in [1.54, 1.807) is 36.4 Å². The second-order valence-corrected chi connectivity index (χ2v) is 14.3. The third-order valence-electron chi connectivity index (χ3n) is 8.01. The van der Waals surface area contributed by atoms with Crippen molar-refractivity contribution < 1.29 is 50.5 Å². The zero-order valence-corrected chi connectivity index (χ0v) is 28.1. The Balaban J connectivity index is 1.20. The molecule has 2 aliphatic rings. The Morgan fingerprint density at radius 3 is 1.33 bits per heavy atom. The third kappa shape index (κ3) is 7.42. The fourth-order valence-corrected chi connectivity index (χ4v) is 6.94. The molecule has 0 saturated heterocycles. The maximum absolute atomic E-state index is 13.2. The van der Waals surface area contributed by atoms with Crippen molar-refractivity contribution in [2.45, 2.75) is 12.8 Å². The van der Waals surface area contributed by atoms with E-state index in [0.717, 1.165) is 0 Å². The van der Waals surface area contributed by atoms with Crippen molar-refractivity contribution in [2.24, 2.45) is 9.98 Å². The van der Waals surface area contributed by atoms with Gasteiger partial charge in [-0.3, -0.25) is 18.7 Å². The van der Waals surface area contributed by atoms with Crippen molar-refractivity contribution in [3.63, 3.8) is 0 Å². The monoisotopic (exact) mass is 742 g/mol. The molecule has 2 aliphatic carbocycles. The first-order valence-electron chi connectivity index (χ1n) is 15.1. The number of aliphatic hydroxyl groups is 2. The van der Waals surface area contributed by atoms with Crippen LogP contribution in [0, 0.1) is 0 Å². The Morgan fingerprint density at radius 2 is 0.942 bits per heavy atom. The van der Waals surface area contributed by atoms with Gasteiger partial charge in [-0.25, -0.2) is 14.8 Å². The van der Waals surface area contributed by atoms with Crippen molar-refractivity contribution in [1.82, 2.24) is 0 Å². The molecule has 0 atom stereocenters. The first kappa shape index (κ1) is 35.6. The molecule has 4 aromatic carbocycles. The lowest BCUT2D eigenvalue weighted by molar-refractivity contribution is 0.0994. The van der Waals surface area contributed by atoms with Crippen molar-refractivity contribution in [3.8, 4) is 0 Å². The van der Waals surface area contributed by atoms with E-state index in [1.807, 2.05) is 0 Å². The van der Waals surface area contributed by atoms with Crippen LogP contribution in [-0.4, -0.2) is 65.4 Å². The Hall–Kier alpha value is -6.27. The summed E-state index contributed by atoms with van der Waals surface area (Å²) in [5.74, 6) is -3.52. The minimum atomic E-state index is -4.81. The van der Waals surface area contributed by atoms with Crippen molar-refractivity contribution >= 4 is 60.9 Å². The van der Waals surface area contributed by atoms with Crippen LogP contribution in [-0.2, 0) is 33.1 Å². The van der Waals surface area contributed by atoms with Crippen LogP contribution in [0.25, 0.3) is 0 Å². The van der Waals surface area contributed by atoms with Gasteiger partial charge in [-0.05, 0) is 47.5 Å². The molecule has 0 aromatic heterocycles. The normalized spacial score (nSPS) is 16.0. The lowest BCUT2D eigenvalue weighted by Crippen LogP contribution is -2.22. The number of carbonyl (C=O) groups excluding carboxylic acids is 3. The zero-order chi connectivity index (χ0) is 37.4. The molecule has 6 N–H and O–H groups in total. The van der Waals surface area contributed by atoms with Gasteiger partial charge in [0.15, 0.2) is 11.5 Å². The fourth-order valence-electron chi connectivity index (χ4n) is 5.58. The number of amides is 4. The van der Waals surface area contributed by atoms with E-state index in [-0.39, 0.29) is 46.8 Å². The summed E-state index contributed by atoms with van der Waals surface area (Å²) < 4.78 is 66.9. The molecule has 15 nitrogen and oxygen atoms in total. The molecule has 52 heavy (non-hydrogen) atoms. The highest BCUT2D eigenvalue weighted by Crippen LogP contribution is 2.30. The molecule has 0 unspecified atom stereocenters. The zero-order valence-electron chi connectivity index (χ0n) is 26.5. The summed E-state index contributed by atoms with van der Waals surface area (Å²) in [6.45, 7) is 0. The molecule has 17 heteroatoms. The van der Waals surface area contributed by atoms with Crippen LogP contribution >= 0.6 is 0 Å². The maximum atomic E-state index is 13.2. The number of nitrogens with zero attached hydrogens (tertiary/aromatic N) is 2. The van der Waals surface area contributed by atoms with Gasteiger partial charge in [-0.15, -0.1) is 0 Å². The Morgan fingerprint density at radius 1 is 0.558 bits per heavy atom. The van der Waals surface area contributed by atoms with Crippen molar-refractivity contribution in [1.29, 1.82) is 0 Å². The number of hydrogen-bond donors (Lipinski definition) is 6. The third-order valence-corrected chi connectivity index (χ3v) is 9.93. The van der Waals surface area contributed by atoms with E-state index in [4.69, 9.17) is 0 Å². The van der Waals surface area contributed by atoms with Gasteiger partial charge in [-0.2, -0.15) is 16.8 Å². The predicted molar refractivity (Wildman–Crippen MR) is 190 cm³/mol. The summed E-state index contributed by atoms with van der Waals surface area (Å²) >= 11 is 0.